The maximum atomic E-state index is 4.76. The molecule has 0 aliphatic heterocycles. The molecule has 0 aliphatic rings. The van der Waals surface area contributed by atoms with Crippen LogP contribution in [0.15, 0.2) is 70.9 Å². The van der Waals surface area contributed by atoms with E-state index in [1.807, 2.05) is 67.6 Å². The summed E-state index contributed by atoms with van der Waals surface area (Å²) < 4.78 is 1.65. The Morgan fingerprint density at radius 2 is 1.50 bits per heavy atom. The number of aromatic nitrogens is 6. The number of hydrogen-bond acceptors (Lipinski definition) is 5. The Bertz CT molecular complexity index is 1340. The summed E-state index contributed by atoms with van der Waals surface area (Å²) in [5.74, 6) is 1.10. The number of azo groups is 1. The highest BCUT2D eigenvalue weighted by Gasteiger charge is 2.25. The van der Waals surface area contributed by atoms with E-state index in [2.05, 4.69) is 51.2 Å². The minimum Gasteiger partial charge on any atom is -0.320 e. The van der Waals surface area contributed by atoms with Crippen LogP contribution in [-0.2, 0) is 5.41 Å². The first-order valence-corrected chi connectivity index (χ1v) is 10.5. The van der Waals surface area contributed by atoms with Crippen LogP contribution in [0.4, 0.5) is 11.6 Å². The molecule has 0 atom stereocenters. The highest BCUT2D eigenvalue weighted by molar-refractivity contribution is 5.79. The fourth-order valence-corrected chi connectivity index (χ4v) is 3.66. The summed E-state index contributed by atoms with van der Waals surface area (Å²) in [5, 5.41) is 16.7. The van der Waals surface area contributed by atoms with Crippen molar-refractivity contribution in [2.24, 2.45) is 10.2 Å². The Hall–Kier alpha value is -4.07. The molecule has 0 bridgehead atoms. The lowest BCUT2D eigenvalue weighted by Crippen LogP contribution is -2.12. The van der Waals surface area contributed by atoms with Crippen molar-refractivity contribution in [1.29, 1.82) is 0 Å². The van der Waals surface area contributed by atoms with Gasteiger partial charge in [0.1, 0.15) is 5.82 Å². The van der Waals surface area contributed by atoms with E-state index in [9.17, 15) is 0 Å². The Kier molecular flexibility index (Phi) is 4.70. The van der Waals surface area contributed by atoms with Gasteiger partial charge in [0, 0.05) is 16.5 Å². The lowest BCUT2D eigenvalue weighted by Gasteiger charge is -2.16. The van der Waals surface area contributed by atoms with E-state index in [-0.39, 0.29) is 5.41 Å². The number of hydrogen-bond donors (Lipinski definition) is 2. The Labute approximate surface area is 185 Å². The van der Waals surface area contributed by atoms with E-state index in [4.69, 9.17) is 4.98 Å². The summed E-state index contributed by atoms with van der Waals surface area (Å²) in [6, 6.07) is 20.2. The number of H-pyrrole nitrogens is 2. The predicted octanol–water partition coefficient (Wildman–Crippen LogP) is 6.14. The van der Waals surface area contributed by atoms with E-state index in [1.165, 1.54) is 0 Å². The van der Waals surface area contributed by atoms with E-state index in [0.717, 1.165) is 28.2 Å². The first kappa shape index (κ1) is 19.9. The third-order valence-electron chi connectivity index (χ3n) is 5.18. The maximum Gasteiger partial charge on any atom is 0.247 e. The number of rotatable bonds is 4. The SMILES string of the molecule is Cc1nc2c(N=Nc3nc(-c4ccccc4)c(-c4ccccc4)[nH]3)c(C(C)(C)C)[nH]n2n1. The second kappa shape index (κ2) is 7.56. The standard InChI is InChI=1S/C24H24N8/c1-15-25-22-20(21(24(2,3)4)31-32(22)30-15)28-29-23-26-18(16-11-7-5-8-12-16)19(27-23)17-13-9-6-10-14-17/h5-14,31H,1-4H3,(H,26,27). The molecule has 0 saturated heterocycles. The predicted molar refractivity (Wildman–Crippen MR) is 124 cm³/mol. The van der Waals surface area contributed by atoms with E-state index in [0.29, 0.717) is 23.1 Å². The molecule has 3 aromatic heterocycles. The summed E-state index contributed by atoms with van der Waals surface area (Å²) in [6.07, 6.45) is 0. The Balaban J connectivity index is 1.62. The quantitative estimate of drug-likeness (QED) is 0.339. The zero-order valence-electron chi connectivity index (χ0n) is 18.5. The number of aromatic amines is 2. The molecule has 32 heavy (non-hydrogen) atoms. The van der Waals surface area contributed by atoms with Gasteiger partial charge in [-0.3, -0.25) is 5.10 Å². The molecule has 0 fully saturated rings. The molecule has 5 aromatic rings. The van der Waals surface area contributed by atoms with Gasteiger partial charge in [0.2, 0.25) is 11.6 Å². The lowest BCUT2D eigenvalue weighted by atomic mass is 9.91. The molecular weight excluding hydrogens is 400 g/mol. The van der Waals surface area contributed by atoms with Gasteiger partial charge in [0.25, 0.3) is 0 Å². The molecule has 0 radical (unpaired) electrons. The molecule has 0 amide bonds. The number of aryl methyl sites for hydroxylation is 1. The highest BCUT2D eigenvalue weighted by Crippen LogP contribution is 2.36. The first-order chi connectivity index (χ1) is 15.4. The Morgan fingerprint density at radius 1 is 0.844 bits per heavy atom. The summed E-state index contributed by atoms with van der Waals surface area (Å²) in [4.78, 5) is 12.6. The van der Waals surface area contributed by atoms with Gasteiger partial charge in [-0.15, -0.1) is 15.3 Å². The van der Waals surface area contributed by atoms with Crippen LogP contribution in [-0.4, -0.2) is 29.8 Å². The normalized spacial score (nSPS) is 12.2. The number of imidazole rings is 1. The van der Waals surface area contributed by atoms with Crippen molar-refractivity contribution in [3.63, 3.8) is 0 Å². The third-order valence-corrected chi connectivity index (χ3v) is 5.18. The van der Waals surface area contributed by atoms with Crippen molar-refractivity contribution in [2.45, 2.75) is 33.1 Å². The van der Waals surface area contributed by atoms with Crippen LogP contribution in [0.1, 0.15) is 32.3 Å². The topological polar surface area (TPSA) is 99.4 Å². The number of nitrogens with zero attached hydrogens (tertiary/aromatic N) is 6. The molecule has 160 valence electrons. The average Bonchev–Trinajstić information content (AvgIpc) is 3.45. The smallest absolute Gasteiger partial charge is 0.247 e. The maximum absolute atomic E-state index is 4.76. The molecule has 2 aromatic carbocycles. The van der Waals surface area contributed by atoms with Gasteiger partial charge in [-0.2, -0.15) is 4.63 Å². The van der Waals surface area contributed by atoms with Gasteiger partial charge in [0.05, 0.1) is 17.1 Å². The molecule has 2 N–H and O–H groups in total. The molecular formula is C24H24N8. The highest BCUT2D eigenvalue weighted by atomic mass is 15.5. The second-order valence-electron chi connectivity index (χ2n) is 8.70. The van der Waals surface area contributed by atoms with Crippen molar-refractivity contribution in [3.8, 4) is 22.5 Å². The zero-order chi connectivity index (χ0) is 22.3. The summed E-state index contributed by atoms with van der Waals surface area (Å²) in [7, 11) is 0. The van der Waals surface area contributed by atoms with E-state index in [1.54, 1.807) is 4.63 Å². The second-order valence-corrected chi connectivity index (χ2v) is 8.70. The first-order valence-electron chi connectivity index (χ1n) is 10.5. The molecule has 0 aliphatic carbocycles. The van der Waals surface area contributed by atoms with Gasteiger partial charge >= 0.3 is 0 Å². The number of fused-ring (bicyclic) bond motifs is 1. The monoisotopic (exact) mass is 424 g/mol. The van der Waals surface area contributed by atoms with Gasteiger partial charge in [-0.05, 0) is 6.92 Å². The van der Waals surface area contributed by atoms with Crippen LogP contribution >= 0.6 is 0 Å². The van der Waals surface area contributed by atoms with Crippen LogP contribution < -0.4 is 0 Å². The molecule has 0 saturated carbocycles. The molecule has 8 nitrogen and oxygen atoms in total. The lowest BCUT2D eigenvalue weighted by molar-refractivity contribution is 0.557. The van der Waals surface area contributed by atoms with Crippen LogP contribution in [0, 0.1) is 6.92 Å². The van der Waals surface area contributed by atoms with Crippen molar-refractivity contribution in [2.75, 3.05) is 0 Å². The fraction of sp³-hybridized carbons (Fsp3) is 0.208. The zero-order valence-corrected chi connectivity index (χ0v) is 18.5. The molecule has 8 heteroatoms. The molecule has 0 spiro atoms. The minimum absolute atomic E-state index is 0.182. The number of nitrogens with one attached hydrogen (secondary N) is 2. The van der Waals surface area contributed by atoms with Crippen LogP contribution in [0.5, 0.6) is 0 Å². The van der Waals surface area contributed by atoms with Crippen molar-refractivity contribution in [1.82, 2.24) is 29.8 Å². The molecule has 3 heterocycles. The minimum atomic E-state index is -0.182. The van der Waals surface area contributed by atoms with Crippen molar-refractivity contribution < 1.29 is 0 Å². The van der Waals surface area contributed by atoms with Gasteiger partial charge < -0.3 is 4.98 Å². The van der Waals surface area contributed by atoms with Gasteiger partial charge in [-0.1, -0.05) is 81.4 Å². The average molecular weight is 425 g/mol. The van der Waals surface area contributed by atoms with E-state index < -0.39 is 0 Å². The third kappa shape index (κ3) is 3.60. The Morgan fingerprint density at radius 3 is 2.16 bits per heavy atom. The fourth-order valence-electron chi connectivity index (χ4n) is 3.66. The van der Waals surface area contributed by atoms with Crippen molar-refractivity contribution >= 4 is 17.3 Å². The van der Waals surface area contributed by atoms with Crippen molar-refractivity contribution in [3.05, 3.63) is 72.2 Å². The van der Waals surface area contributed by atoms with Gasteiger partial charge in [-0.25, -0.2) is 9.97 Å². The van der Waals surface area contributed by atoms with Crippen LogP contribution in [0.25, 0.3) is 28.2 Å². The summed E-state index contributed by atoms with van der Waals surface area (Å²) in [6.45, 7) is 8.18. The van der Waals surface area contributed by atoms with Crippen LogP contribution in [0.3, 0.4) is 0 Å². The summed E-state index contributed by atoms with van der Waals surface area (Å²) in [5.41, 5.74) is 5.82. The molecule has 5 rings (SSSR count). The van der Waals surface area contributed by atoms with Gasteiger partial charge in [0.15, 0.2) is 5.69 Å². The molecule has 0 unspecified atom stereocenters. The number of benzene rings is 2. The largest absolute Gasteiger partial charge is 0.320 e. The van der Waals surface area contributed by atoms with Crippen LogP contribution in [0.2, 0.25) is 0 Å². The van der Waals surface area contributed by atoms with E-state index >= 15 is 0 Å². The summed E-state index contributed by atoms with van der Waals surface area (Å²) >= 11 is 0.